The molecule has 0 aromatic carbocycles. The van der Waals surface area contributed by atoms with Crippen LogP contribution in [-0.4, -0.2) is 120 Å². The number of unbranched alkanes of at least 4 members (excludes halogenated alkanes) is 44. The fraction of sp³-hybridized carbons (Fsp3) is 0.940. The van der Waals surface area contributed by atoms with Crippen LogP contribution in [0.15, 0.2) is 0 Å². The molecule has 2 unspecified atom stereocenters. The Kier molecular flexibility index (Phi) is 86.9. The van der Waals surface area contributed by atoms with Gasteiger partial charge in [-0.1, -0.05) is 324 Å². The van der Waals surface area contributed by atoms with E-state index in [1.54, 1.807) is 0 Å². The van der Waals surface area contributed by atoms with Crippen molar-refractivity contribution in [2.75, 3.05) is 65.9 Å². The average molecular weight is 1600 g/mol. The van der Waals surface area contributed by atoms with E-state index in [2.05, 4.69) is 62.8 Å². The summed E-state index contributed by atoms with van der Waals surface area (Å²) in [6, 6.07) is -2.45. The molecule has 25 heteroatoms. The molecule has 0 heterocycles. The molecule has 0 rings (SSSR count). The third-order valence-corrected chi connectivity index (χ3v) is 21.4. The van der Waals surface area contributed by atoms with Crippen LogP contribution in [0.5, 0.6) is 0 Å². The number of ether oxygens (including phenoxy) is 4. The van der Waals surface area contributed by atoms with Crippen LogP contribution in [0.2, 0.25) is 0 Å². The second-order valence-electron chi connectivity index (χ2n) is 29.9. The summed E-state index contributed by atoms with van der Waals surface area (Å²) in [5.41, 5.74) is 0. The van der Waals surface area contributed by atoms with Gasteiger partial charge in [-0.05, 0) is 51.4 Å². The Morgan fingerprint density at radius 2 is 0.537 bits per heavy atom. The molecule has 4 amide bonds. The van der Waals surface area contributed by atoms with Crippen molar-refractivity contribution in [3.05, 3.63) is 0 Å². The molecule has 0 aromatic rings. The van der Waals surface area contributed by atoms with Crippen molar-refractivity contribution in [1.82, 2.24) is 21.3 Å². The first-order valence-electron chi connectivity index (χ1n) is 43.9. The Bertz CT molecular complexity index is 1980. The number of hydrogen-bond acceptors (Lipinski definition) is 17. The van der Waals surface area contributed by atoms with Crippen molar-refractivity contribution in [2.24, 2.45) is 0 Å². The minimum atomic E-state index is -4.96. The number of esters is 2. The molecule has 0 aliphatic heterocycles. The maximum absolute atomic E-state index is 13.3. The van der Waals surface area contributed by atoms with E-state index in [1.807, 2.05) is 0 Å². The van der Waals surface area contributed by atoms with Crippen molar-refractivity contribution in [3.8, 4) is 0 Å². The molecule has 108 heavy (non-hydrogen) atoms. The Labute approximate surface area is 704 Å². The Balaban J connectivity index is -0.0000551. The van der Waals surface area contributed by atoms with Crippen LogP contribution in [0.1, 0.15) is 414 Å². The van der Waals surface area contributed by atoms with Crippen molar-refractivity contribution >= 4 is 45.4 Å². The molecule has 0 spiro atoms. The molecular weight excluding hydrogens is 1430 g/mol. The molecule has 4 N–H and O–H groups in total. The van der Waals surface area contributed by atoms with Gasteiger partial charge < -0.3 is 68.1 Å². The van der Waals surface area contributed by atoms with Gasteiger partial charge in [-0.15, -0.1) is 0 Å². The predicted molar refractivity (Wildman–Crippen MR) is 428 cm³/mol. The van der Waals surface area contributed by atoms with Crippen molar-refractivity contribution in [3.63, 3.8) is 0 Å². The number of phosphoric ester groups is 2. The summed E-state index contributed by atoms with van der Waals surface area (Å²) in [4.78, 5) is 91.4. The van der Waals surface area contributed by atoms with Crippen molar-refractivity contribution < 1.29 is 139 Å². The summed E-state index contributed by atoms with van der Waals surface area (Å²) in [7, 11) is -9.92. The molecule has 0 fully saturated rings. The average Bonchev–Trinajstić information content (AvgIpc) is 0.915. The zero-order chi connectivity index (χ0) is 77.8. The Morgan fingerprint density at radius 3 is 0.806 bits per heavy atom. The van der Waals surface area contributed by atoms with Gasteiger partial charge in [0.05, 0.1) is 64.9 Å². The zero-order valence-corrected chi connectivity index (χ0v) is 76.5. The van der Waals surface area contributed by atoms with E-state index in [0.717, 1.165) is 141 Å². The smallest absolute Gasteiger partial charge is 0.756 e. The largest absolute Gasteiger partial charge is 1.00 e. The van der Waals surface area contributed by atoms with Crippen LogP contribution in [0.4, 0.5) is 4.79 Å². The van der Waals surface area contributed by atoms with Gasteiger partial charge in [0, 0.05) is 51.6 Å². The van der Waals surface area contributed by atoms with E-state index in [9.17, 15) is 42.9 Å². The maximum atomic E-state index is 13.3. The minimum absolute atomic E-state index is 0. The number of phosphoric acid groups is 2. The Morgan fingerprint density at radius 1 is 0.296 bits per heavy atom. The first kappa shape index (κ1) is 111. The Hall–Kier alpha value is -0.710. The van der Waals surface area contributed by atoms with Gasteiger partial charge in [0.1, 0.15) is 12.2 Å². The summed E-state index contributed by atoms with van der Waals surface area (Å²) < 4.78 is 70.9. The number of amides is 4. The van der Waals surface area contributed by atoms with Gasteiger partial charge >= 0.3 is 77.1 Å². The molecule has 0 saturated carbocycles. The molecule has 6 atom stereocenters. The van der Waals surface area contributed by atoms with Gasteiger partial charge in [-0.3, -0.25) is 28.3 Å². The monoisotopic (exact) mass is 1600 g/mol. The van der Waals surface area contributed by atoms with Crippen LogP contribution in [0, 0.1) is 0 Å². The van der Waals surface area contributed by atoms with Gasteiger partial charge in [-0.25, -0.2) is 4.79 Å². The molecule has 21 nitrogen and oxygen atoms in total. The molecule has 0 bridgehead atoms. The third-order valence-electron chi connectivity index (χ3n) is 19.5. The standard InChI is InChI=1S/C83H164N4O17P2.2Na/c1-7-13-19-25-29-33-35-39-41-47-53-59-79(88)86-75(71-97-67-63-77(57-51-45-23-17-11-5)103-81(90)61-55-49-43-37-31-27-21-15-9-3)73-101-105(93,94)99-69-65-84-83(92)85-66-70-100-106(95,96)102-74-76(87-80(89)60-54-48-42-40-36-34-30-26-20-14-8-2)72-98-68-64-78(58-52-46-24-18-12-6)104-82(91)62-56-50-44-38-32-28-22-16-10-4;;/h75-78H,7-74H2,1-6H3,(H,86,88)(H,87,89)(H,93,94)(H,95,96)(H2,84,85,92);;/q;2*+1/p-2/t75-,76+,77-,78-;;/m1../s1. The quantitative estimate of drug-likeness (QED) is 0.0190. The van der Waals surface area contributed by atoms with Crippen LogP contribution >= 0.6 is 15.6 Å². The van der Waals surface area contributed by atoms with Crippen molar-refractivity contribution in [1.29, 1.82) is 0 Å². The molecule has 0 aliphatic rings. The van der Waals surface area contributed by atoms with Crippen molar-refractivity contribution in [2.45, 2.75) is 438 Å². The molecule has 0 radical (unpaired) electrons. The fourth-order valence-electron chi connectivity index (χ4n) is 12.9. The summed E-state index contributed by atoms with van der Waals surface area (Å²) >= 11 is 0. The van der Waals surface area contributed by atoms with Gasteiger partial charge in [-0.2, -0.15) is 0 Å². The van der Waals surface area contributed by atoms with Gasteiger partial charge in [0.25, 0.3) is 15.6 Å². The number of rotatable bonds is 84. The topological polar surface area (TPSA) is 288 Å². The number of nitrogens with one attached hydrogen (secondary N) is 4. The maximum Gasteiger partial charge on any atom is 1.00 e. The van der Waals surface area contributed by atoms with Crippen LogP contribution < -0.4 is 90.2 Å². The van der Waals surface area contributed by atoms with E-state index < -0.39 is 60.2 Å². The summed E-state index contributed by atoms with van der Waals surface area (Å²) in [6.45, 7) is 11.1. The SMILES string of the molecule is CCCCCCCCCCCCCC(=O)N[C@H](COCC[C@@H](CCCCCCC)OC(=O)CCCCCCCCCCC)COP(=O)([O-])OCCNC(=O)NCCOP(=O)([O-])OC[C@H](COCC[C@@H](CCCCCCC)OC(=O)CCCCCCCCCCC)NC(=O)CCCCCCCCCCCCC.[Na+].[Na+]. The first-order chi connectivity index (χ1) is 51.5. The second kappa shape index (κ2) is 84.2. The van der Waals surface area contributed by atoms with E-state index >= 15 is 0 Å². The molecule has 0 saturated heterocycles. The number of urea groups is 1. The number of hydrogen-bond donors (Lipinski definition) is 4. The van der Waals surface area contributed by atoms with E-state index in [0.29, 0.717) is 51.4 Å². The molecular formula is C83H162N4Na2O17P2. The summed E-state index contributed by atoms with van der Waals surface area (Å²) in [5, 5.41) is 10.7. The van der Waals surface area contributed by atoms with E-state index in [1.165, 1.54) is 167 Å². The predicted octanol–water partition coefficient (Wildman–Crippen LogP) is 14.9. The van der Waals surface area contributed by atoms with Crippen LogP contribution in [-0.2, 0) is 65.4 Å². The first-order valence-corrected chi connectivity index (χ1v) is 46.8. The van der Waals surface area contributed by atoms with Crippen LogP contribution in [0.3, 0.4) is 0 Å². The van der Waals surface area contributed by atoms with Gasteiger partial charge in [0.15, 0.2) is 0 Å². The minimum Gasteiger partial charge on any atom is -0.756 e. The zero-order valence-electron chi connectivity index (χ0n) is 70.7. The molecule has 0 aliphatic carbocycles. The third kappa shape index (κ3) is 80.5. The second-order valence-corrected chi connectivity index (χ2v) is 32.8. The number of carbonyl (C=O) groups excluding carboxylic acids is 5. The van der Waals surface area contributed by atoms with E-state index in [-0.39, 0.29) is 147 Å². The number of carbonyl (C=O) groups is 5. The van der Waals surface area contributed by atoms with Crippen LogP contribution in [0.25, 0.3) is 0 Å². The molecule has 0 aromatic heterocycles. The summed E-state index contributed by atoms with van der Waals surface area (Å²) in [6.07, 6.45) is 59.5. The van der Waals surface area contributed by atoms with E-state index in [4.69, 9.17) is 37.0 Å². The fourth-order valence-corrected chi connectivity index (χ4v) is 14.4. The normalized spacial score (nSPS) is 13.6. The molecule has 628 valence electrons. The van der Waals surface area contributed by atoms with Gasteiger partial charge in [0.2, 0.25) is 11.8 Å². The summed E-state index contributed by atoms with van der Waals surface area (Å²) in [5.74, 6) is -0.912.